The summed E-state index contributed by atoms with van der Waals surface area (Å²) in [6, 6.07) is 16.1. The topological polar surface area (TPSA) is 44.2 Å². The van der Waals surface area contributed by atoms with E-state index >= 15 is 0 Å². The third-order valence-electron chi connectivity index (χ3n) is 5.77. The van der Waals surface area contributed by atoms with Crippen LogP contribution in [0.3, 0.4) is 0 Å². The first-order valence-corrected chi connectivity index (χ1v) is 11.1. The molecule has 0 saturated heterocycles. The van der Waals surface area contributed by atoms with Gasteiger partial charge in [-0.2, -0.15) is 0 Å². The number of nitrogens with zero attached hydrogens (tertiary/aromatic N) is 1. The number of aryl methyl sites for hydroxylation is 2. The number of thiocarbonyl (C=S) groups is 1. The van der Waals surface area contributed by atoms with Crippen LogP contribution in [0.2, 0.25) is 5.02 Å². The Morgan fingerprint density at radius 3 is 2.74 bits per heavy atom. The van der Waals surface area contributed by atoms with Gasteiger partial charge in [-0.25, -0.2) is 0 Å². The minimum absolute atomic E-state index is 0.603. The van der Waals surface area contributed by atoms with E-state index in [1.54, 1.807) is 6.26 Å². The van der Waals surface area contributed by atoms with Crippen LogP contribution in [0.5, 0.6) is 0 Å². The molecule has 2 heterocycles. The monoisotopic (exact) mass is 451 g/mol. The first-order chi connectivity index (χ1) is 14.9. The zero-order chi connectivity index (χ0) is 22.0. The quantitative estimate of drug-likeness (QED) is 0.317. The molecule has 31 heavy (non-hydrogen) atoms. The van der Waals surface area contributed by atoms with Crippen LogP contribution in [0.15, 0.2) is 59.2 Å². The SMILES string of the molecule is Cc1cccc(NC(=S)N(CCc2c(C)[nH]c3ccc(Cl)cc23)Cc2ccco2)c1C. The first-order valence-electron chi connectivity index (χ1n) is 10.3. The molecule has 0 fully saturated rings. The average molecular weight is 452 g/mol. The van der Waals surface area contributed by atoms with E-state index < -0.39 is 0 Å². The van der Waals surface area contributed by atoms with Gasteiger partial charge in [-0.05, 0) is 92.5 Å². The molecule has 4 rings (SSSR count). The third-order valence-corrected chi connectivity index (χ3v) is 6.37. The van der Waals surface area contributed by atoms with E-state index in [2.05, 4.69) is 48.1 Å². The zero-order valence-electron chi connectivity index (χ0n) is 18.0. The second-order valence-electron chi connectivity index (χ2n) is 7.85. The summed E-state index contributed by atoms with van der Waals surface area (Å²) in [7, 11) is 0. The van der Waals surface area contributed by atoms with Crippen molar-refractivity contribution in [1.82, 2.24) is 9.88 Å². The number of hydrogen-bond donors (Lipinski definition) is 2. The maximum Gasteiger partial charge on any atom is 0.173 e. The van der Waals surface area contributed by atoms with Crippen molar-refractivity contribution in [3.8, 4) is 0 Å². The number of hydrogen-bond acceptors (Lipinski definition) is 2. The van der Waals surface area contributed by atoms with E-state index in [1.807, 2.05) is 36.4 Å². The van der Waals surface area contributed by atoms with Crippen molar-refractivity contribution in [1.29, 1.82) is 0 Å². The van der Waals surface area contributed by atoms with Crippen molar-refractivity contribution in [3.63, 3.8) is 0 Å². The Kier molecular flexibility index (Phi) is 6.35. The number of aromatic nitrogens is 1. The number of furan rings is 1. The van der Waals surface area contributed by atoms with Gasteiger partial charge in [0.2, 0.25) is 0 Å². The molecule has 0 aliphatic heterocycles. The minimum atomic E-state index is 0.603. The maximum atomic E-state index is 6.26. The molecule has 2 N–H and O–H groups in total. The van der Waals surface area contributed by atoms with Crippen LogP contribution >= 0.6 is 23.8 Å². The smallest absolute Gasteiger partial charge is 0.173 e. The molecule has 160 valence electrons. The summed E-state index contributed by atoms with van der Waals surface area (Å²) in [5, 5.41) is 6.03. The van der Waals surface area contributed by atoms with Gasteiger partial charge in [0.1, 0.15) is 5.76 Å². The van der Waals surface area contributed by atoms with Crippen LogP contribution in [0.4, 0.5) is 5.69 Å². The van der Waals surface area contributed by atoms with E-state index in [1.165, 1.54) is 16.7 Å². The predicted molar refractivity (Wildman–Crippen MR) is 133 cm³/mol. The van der Waals surface area contributed by atoms with Crippen molar-refractivity contribution >= 4 is 45.5 Å². The molecule has 2 aromatic heterocycles. The molecule has 0 atom stereocenters. The van der Waals surface area contributed by atoms with Crippen LogP contribution in [0, 0.1) is 20.8 Å². The molecule has 0 aliphatic carbocycles. The van der Waals surface area contributed by atoms with Gasteiger partial charge in [-0.1, -0.05) is 23.7 Å². The van der Waals surface area contributed by atoms with Crippen molar-refractivity contribution in [2.75, 3.05) is 11.9 Å². The second-order valence-corrected chi connectivity index (χ2v) is 8.67. The number of anilines is 1. The van der Waals surface area contributed by atoms with Crippen LogP contribution in [-0.2, 0) is 13.0 Å². The lowest BCUT2D eigenvalue weighted by atomic mass is 10.1. The molecule has 6 heteroatoms. The number of aromatic amines is 1. The number of H-pyrrole nitrogens is 1. The Labute approximate surface area is 193 Å². The second kappa shape index (κ2) is 9.16. The summed E-state index contributed by atoms with van der Waals surface area (Å²) >= 11 is 12.1. The van der Waals surface area contributed by atoms with E-state index in [9.17, 15) is 0 Å². The van der Waals surface area contributed by atoms with E-state index in [0.717, 1.165) is 46.0 Å². The highest BCUT2D eigenvalue weighted by atomic mass is 35.5. The van der Waals surface area contributed by atoms with E-state index in [-0.39, 0.29) is 0 Å². The van der Waals surface area contributed by atoms with Gasteiger partial charge in [0.15, 0.2) is 5.11 Å². The normalized spacial score (nSPS) is 11.1. The van der Waals surface area contributed by atoms with E-state index in [4.69, 9.17) is 28.2 Å². The highest BCUT2D eigenvalue weighted by molar-refractivity contribution is 7.80. The Morgan fingerprint density at radius 1 is 1.13 bits per heavy atom. The molecular weight excluding hydrogens is 426 g/mol. The fraction of sp³-hybridized carbons (Fsp3) is 0.240. The summed E-state index contributed by atoms with van der Waals surface area (Å²) in [6.07, 6.45) is 2.53. The molecule has 2 aromatic carbocycles. The summed E-state index contributed by atoms with van der Waals surface area (Å²) in [5.41, 5.74) is 6.98. The van der Waals surface area contributed by atoms with Gasteiger partial charge in [0, 0.05) is 33.9 Å². The van der Waals surface area contributed by atoms with Gasteiger partial charge in [-0.15, -0.1) is 0 Å². The number of halogens is 1. The molecule has 0 unspecified atom stereocenters. The number of rotatable bonds is 6. The highest BCUT2D eigenvalue weighted by Crippen LogP contribution is 2.26. The minimum Gasteiger partial charge on any atom is -0.467 e. The van der Waals surface area contributed by atoms with Crippen LogP contribution < -0.4 is 5.32 Å². The summed E-state index contributed by atoms with van der Waals surface area (Å²) in [4.78, 5) is 5.61. The van der Waals surface area contributed by atoms with Gasteiger partial charge in [-0.3, -0.25) is 0 Å². The van der Waals surface area contributed by atoms with Gasteiger partial charge in [0.05, 0.1) is 12.8 Å². The standard InChI is InChI=1S/C25H26ClN3OS/c1-16-6-4-8-23(17(16)2)28-25(31)29(15-20-7-5-13-30-20)12-11-21-18(3)27-24-10-9-19(26)14-22(21)24/h4-10,13-14,27H,11-12,15H2,1-3H3,(H,28,31). The van der Waals surface area contributed by atoms with Crippen LogP contribution in [0.1, 0.15) is 28.1 Å². The molecule has 0 bridgehead atoms. The zero-order valence-corrected chi connectivity index (χ0v) is 19.5. The first kappa shape index (κ1) is 21.5. The van der Waals surface area contributed by atoms with Crippen molar-refractivity contribution in [2.24, 2.45) is 0 Å². The number of fused-ring (bicyclic) bond motifs is 1. The third kappa shape index (κ3) is 4.78. The van der Waals surface area contributed by atoms with Gasteiger partial charge in [0.25, 0.3) is 0 Å². The molecule has 0 radical (unpaired) electrons. The molecular formula is C25H26ClN3OS. The fourth-order valence-electron chi connectivity index (χ4n) is 3.85. The Morgan fingerprint density at radius 2 is 1.97 bits per heavy atom. The number of benzene rings is 2. The summed E-state index contributed by atoms with van der Waals surface area (Å²) < 4.78 is 5.60. The molecule has 4 nitrogen and oxygen atoms in total. The fourth-order valence-corrected chi connectivity index (χ4v) is 4.29. The Bertz CT molecular complexity index is 1210. The lowest BCUT2D eigenvalue weighted by molar-refractivity contribution is 0.368. The summed E-state index contributed by atoms with van der Waals surface area (Å²) in [6.45, 7) is 7.67. The van der Waals surface area contributed by atoms with Crippen LogP contribution in [-0.4, -0.2) is 21.5 Å². The molecule has 0 amide bonds. The molecule has 0 spiro atoms. The Balaban J connectivity index is 1.57. The van der Waals surface area contributed by atoms with Gasteiger partial charge < -0.3 is 19.6 Å². The van der Waals surface area contributed by atoms with E-state index in [0.29, 0.717) is 11.7 Å². The molecule has 4 aromatic rings. The van der Waals surface area contributed by atoms with Crippen molar-refractivity contribution < 1.29 is 4.42 Å². The lowest BCUT2D eigenvalue weighted by Gasteiger charge is -2.26. The van der Waals surface area contributed by atoms with Crippen molar-refractivity contribution in [2.45, 2.75) is 33.7 Å². The number of nitrogens with one attached hydrogen (secondary N) is 2. The van der Waals surface area contributed by atoms with Gasteiger partial charge >= 0.3 is 0 Å². The lowest BCUT2D eigenvalue weighted by Crippen LogP contribution is -2.36. The maximum absolute atomic E-state index is 6.26. The predicted octanol–water partition coefficient (Wildman–Crippen LogP) is 6.78. The highest BCUT2D eigenvalue weighted by Gasteiger charge is 2.16. The molecule has 0 aliphatic rings. The summed E-state index contributed by atoms with van der Waals surface area (Å²) in [5.74, 6) is 0.879. The largest absolute Gasteiger partial charge is 0.467 e. The molecule has 0 saturated carbocycles. The Hall–Kier alpha value is -2.76. The average Bonchev–Trinajstić information content (AvgIpc) is 3.36. The van der Waals surface area contributed by atoms with Crippen LogP contribution in [0.25, 0.3) is 10.9 Å². The van der Waals surface area contributed by atoms with Crippen molar-refractivity contribution in [3.05, 3.63) is 88.0 Å².